The van der Waals surface area contributed by atoms with Crippen molar-refractivity contribution >= 4 is 27.9 Å². The van der Waals surface area contributed by atoms with Crippen molar-refractivity contribution in [1.29, 1.82) is 0 Å². The Morgan fingerprint density at radius 3 is 2.12 bits per heavy atom. The lowest BCUT2D eigenvalue weighted by molar-refractivity contribution is -0.144. The van der Waals surface area contributed by atoms with Gasteiger partial charge < -0.3 is 9.47 Å². The van der Waals surface area contributed by atoms with Gasteiger partial charge in [0, 0.05) is 17.3 Å². The molecular formula is C20H29BrO4. The van der Waals surface area contributed by atoms with E-state index in [9.17, 15) is 9.59 Å². The van der Waals surface area contributed by atoms with E-state index < -0.39 is 0 Å². The number of unbranched alkanes of at least 4 members (excludes halogenated alkanes) is 6. The van der Waals surface area contributed by atoms with Gasteiger partial charge >= 0.3 is 11.9 Å². The summed E-state index contributed by atoms with van der Waals surface area (Å²) in [5.74, 6) is -0.0562. The second-order valence-electron chi connectivity index (χ2n) is 6.12. The summed E-state index contributed by atoms with van der Waals surface area (Å²) in [7, 11) is 0. The first-order valence-corrected chi connectivity index (χ1v) is 10.0. The van der Waals surface area contributed by atoms with Gasteiger partial charge in [-0.1, -0.05) is 61.4 Å². The number of benzene rings is 1. The van der Waals surface area contributed by atoms with Crippen LogP contribution in [0, 0.1) is 0 Å². The van der Waals surface area contributed by atoms with Gasteiger partial charge in [-0.2, -0.15) is 0 Å². The van der Waals surface area contributed by atoms with E-state index in [0.717, 1.165) is 17.3 Å². The van der Waals surface area contributed by atoms with E-state index in [1.165, 1.54) is 32.1 Å². The monoisotopic (exact) mass is 412 g/mol. The molecule has 0 atom stereocenters. The van der Waals surface area contributed by atoms with Crippen LogP contribution in [0.25, 0.3) is 0 Å². The number of halogens is 1. The molecule has 25 heavy (non-hydrogen) atoms. The van der Waals surface area contributed by atoms with E-state index in [1.807, 2.05) is 12.1 Å². The number of hydrogen-bond acceptors (Lipinski definition) is 4. The van der Waals surface area contributed by atoms with Crippen LogP contribution >= 0.6 is 15.9 Å². The molecule has 0 amide bonds. The van der Waals surface area contributed by atoms with Crippen LogP contribution in [-0.2, 0) is 14.3 Å². The quantitative estimate of drug-likeness (QED) is 0.232. The highest BCUT2D eigenvalue weighted by Crippen LogP contribution is 2.17. The molecule has 0 radical (unpaired) electrons. The first kappa shape index (κ1) is 21.7. The number of ether oxygens (including phenoxy) is 2. The average Bonchev–Trinajstić information content (AvgIpc) is 2.59. The molecule has 0 aliphatic rings. The van der Waals surface area contributed by atoms with Crippen LogP contribution in [0.1, 0.15) is 71.1 Å². The Morgan fingerprint density at radius 2 is 1.44 bits per heavy atom. The van der Waals surface area contributed by atoms with Gasteiger partial charge in [-0.15, -0.1) is 0 Å². The van der Waals surface area contributed by atoms with Gasteiger partial charge in [0.05, 0.1) is 6.61 Å². The molecular weight excluding hydrogens is 384 g/mol. The summed E-state index contributed by atoms with van der Waals surface area (Å²) < 4.78 is 11.3. The molecule has 0 fully saturated rings. The third-order valence-corrected chi connectivity index (χ3v) is 4.35. The Hall–Kier alpha value is -1.36. The van der Waals surface area contributed by atoms with E-state index >= 15 is 0 Å². The molecule has 5 heteroatoms. The van der Waals surface area contributed by atoms with E-state index in [0.29, 0.717) is 18.8 Å². The summed E-state index contributed by atoms with van der Waals surface area (Å²) in [6, 6.07) is 7.06. The molecule has 1 aromatic carbocycles. The SMILES string of the molecule is CCCCCCCCCOC(=O)CCCC(=O)Oc1ccc(Br)cc1. The van der Waals surface area contributed by atoms with Crippen molar-refractivity contribution in [3.63, 3.8) is 0 Å². The second kappa shape index (κ2) is 13.9. The zero-order chi connectivity index (χ0) is 18.3. The molecule has 0 saturated carbocycles. The number of rotatable bonds is 13. The first-order valence-electron chi connectivity index (χ1n) is 9.23. The van der Waals surface area contributed by atoms with Gasteiger partial charge in [0.15, 0.2) is 0 Å². The van der Waals surface area contributed by atoms with Crippen LogP contribution in [0.4, 0.5) is 0 Å². The van der Waals surface area contributed by atoms with Crippen LogP contribution in [0.3, 0.4) is 0 Å². The van der Waals surface area contributed by atoms with E-state index in [-0.39, 0.29) is 24.8 Å². The maximum Gasteiger partial charge on any atom is 0.311 e. The highest BCUT2D eigenvalue weighted by atomic mass is 79.9. The molecule has 0 spiro atoms. The smallest absolute Gasteiger partial charge is 0.311 e. The number of esters is 2. The number of carbonyl (C=O) groups is 2. The van der Waals surface area contributed by atoms with Gasteiger partial charge in [-0.05, 0) is 37.1 Å². The van der Waals surface area contributed by atoms with E-state index in [1.54, 1.807) is 12.1 Å². The largest absolute Gasteiger partial charge is 0.466 e. The zero-order valence-corrected chi connectivity index (χ0v) is 16.7. The fraction of sp³-hybridized carbons (Fsp3) is 0.600. The Morgan fingerprint density at radius 1 is 0.840 bits per heavy atom. The molecule has 0 heterocycles. The van der Waals surface area contributed by atoms with Crippen LogP contribution in [-0.4, -0.2) is 18.5 Å². The maximum absolute atomic E-state index is 11.7. The van der Waals surface area contributed by atoms with Crippen molar-refractivity contribution in [2.75, 3.05) is 6.61 Å². The molecule has 1 rings (SSSR count). The molecule has 4 nitrogen and oxygen atoms in total. The summed E-state index contributed by atoms with van der Waals surface area (Å²) in [4.78, 5) is 23.3. The van der Waals surface area contributed by atoms with Crippen molar-refractivity contribution in [3.8, 4) is 5.75 Å². The molecule has 0 aliphatic carbocycles. The van der Waals surface area contributed by atoms with Crippen molar-refractivity contribution in [2.45, 2.75) is 71.1 Å². The highest BCUT2D eigenvalue weighted by Gasteiger charge is 2.08. The van der Waals surface area contributed by atoms with Gasteiger partial charge in [-0.25, -0.2) is 0 Å². The second-order valence-corrected chi connectivity index (χ2v) is 7.04. The minimum absolute atomic E-state index is 0.211. The van der Waals surface area contributed by atoms with Crippen LogP contribution < -0.4 is 4.74 Å². The lowest BCUT2D eigenvalue weighted by atomic mass is 10.1. The minimum atomic E-state index is -0.331. The Balaban J connectivity index is 1.99. The molecule has 0 saturated heterocycles. The third-order valence-electron chi connectivity index (χ3n) is 3.82. The lowest BCUT2D eigenvalue weighted by Gasteiger charge is -2.06. The fourth-order valence-electron chi connectivity index (χ4n) is 2.38. The van der Waals surface area contributed by atoms with E-state index in [4.69, 9.17) is 9.47 Å². The normalized spacial score (nSPS) is 10.5. The minimum Gasteiger partial charge on any atom is -0.466 e. The predicted octanol–water partition coefficient (Wildman–Crippen LogP) is 5.82. The van der Waals surface area contributed by atoms with Gasteiger partial charge in [-0.3, -0.25) is 9.59 Å². The summed E-state index contributed by atoms with van der Waals surface area (Å²) in [6.07, 6.45) is 9.28. The van der Waals surface area contributed by atoms with Gasteiger partial charge in [0.2, 0.25) is 0 Å². The Labute approximate surface area is 159 Å². The Bertz CT molecular complexity index is 499. The number of carbonyl (C=O) groups excluding carboxylic acids is 2. The first-order chi connectivity index (χ1) is 12.1. The molecule has 0 bridgehead atoms. The van der Waals surface area contributed by atoms with Crippen molar-refractivity contribution < 1.29 is 19.1 Å². The summed E-state index contributed by atoms with van der Waals surface area (Å²) in [5.41, 5.74) is 0. The molecule has 140 valence electrons. The highest BCUT2D eigenvalue weighted by molar-refractivity contribution is 9.10. The van der Waals surface area contributed by atoms with Gasteiger partial charge in [0.25, 0.3) is 0 Å². The van der Waals surface area contributed by atoms with Crippen LogP contribution in [0.2, 0.25) is 0 Å². The van der Waals surface area contributed by atoms with Crippen molar-refractivity contribution in [2.24, 2.45) is 0 Å². The predicted molar refractivity (Wildman–Crippen MR) is 103 cm³/mol. The maximum atomic E-state index is 11.7. The zero-order valence-electron chi connectivity index (χ0n) is 15.1. The van der Waals surface area contributed by atoms with Crippen molar-refractivity contribution in [1.82, 2.24) is 0 Å². The summed E-state index contributed by atoms with van der Waals surface area (Å²) in [5, 5.41) is 0. The molecule has 1 aromatic rings. The average molecular weight is 413 g/mol. The van der Waals surface area contributed by atoms with Gasteiger partial charge in [0.1, 0.15) is 5.75 Å². The third kappa shape index (κ3) is 11.8. The standard InChI is InChI=1S/C20H29BrO4/c1-2-3-4-5-6-7-8-16-24-19(22)10-9-11-20(23)25-18-14-12-17(21)13-15-18/h12-15H,2-11,16H2,1H3. The topological polar surface area (TPSA) is 52.6 Å². The van der Waals surface area contributed by atoms with Crippen molar-refractivity contribution in [3.05, 3.63) is 28.7 Å². The fourth-order valence-corrected chi connectivity index (χ4v) is 2.64. The van der Waals surface area contributed by atoms with Crippen LogP contribution in [0.5, 0.6) is 5.75 Å². The molecule has 0 aliphatic heterocycles. The van der Waals surface area contributed by atoms with E-state index in [2.05, 4.69) is 22.9 Å². The summed E-state index contributed by atoms with van der Waals surface area (Å²) in [6.45, 7) is 2.69. The molecule has 0 N–H and O–H groups in total. The summed E-state index contributed by atoms with van der Waals surface area (Å²) >= 11 is 3.32. The Kier molecular flexibility index (Phi) is 12.0. The van der Waals surface area contributed by atoms with Crippen LogP contribution in [0.15, 0.2) is 28.7 Å². The lowest BCUT2D eigenvalue weighted by Crippen LogP contribution is -2.10. The molecule has 0 unspecified atom stereocenters. The molecule has 0 aromatic heterocycles. The number of hydrogen-bond donors (Lipinski definition) is 0.